The molecule has 7 rings (SSSR count). The topological polar surface area (TPSA) is 94.5 Å². The molecule has 3 aromatic heterocycles. The average Bonchev–Trinajstić information content (AvgIpc) is 3.68. The Morgan fingerprint density at radius 3 is 2.35 bits per heavy atom. The van der Waals surface area contributed by atoms with Crippen LogP contribution in [0.4, 0.5) is 5.69 Å². The molecule has 1 amide bonds. The van der Waals surface area contributed by atoms with Crippen LogP contribution in [0, 0.1) is 34.6 Å². The second-order valence-corrected chi connectivity index (χ2v) is 14.6. The number of anilines is 1. The van der Waals surface area contributed by atoms with Gasteiger partial charge in [0.15, 0.2) is 0 Å². The Hall–Kier alpha value is -4.73. The monoisotopic (exact) mass is 725 g/mol. The minimum Gasteiger partial charge on any atom is -0.494 e. The summed E-state index contributed by atoms with van der Waals surface area (Å²) in [6, 6.07) is 15.3. The number of halogens is 2. The van der Waals surface area contributed by atoms with E-state index in [0.717, 1.165) is 71.8 Å². The van der Waals surface area contributed by atoms with E-state index in [-0.39, 0.29) is 17.6 Å². The third-order valence-electron chi connectivity index (χ3n) is 10.4. The smallest absolute Gasteiger partial charge is 0.352 e. The highest BCUT2D eigenvalue weighted by Gasteiger charge is 2.42. The number of aromatic carboxylic acids is 1. The molecule has 51 heavy (non-hydrogen) atoms. The van der Waals surface area contributed by atoms with Crippen molar-refractivity contribution in [3.63, 3.8) is 0 Å². The summed E-state index contributed by atoms with van der Waals surface area (Å²) in [5, 5.41) is 17.1. The molecular formula is C40H41Cl2N5O4. The number of aryl methyl sites for hydroxylation is 7. The van der Waals surface area contributed by atoms with Gasteiger partial charge in [-0.2, -0.15) is 5.10 Å². The Labute approximate surface area is 306 Å². The maximum atomic E-state index is 15.2. The number of hydrogen-bond acceptors (Lipinski definition) is 4. The van der Waals surface area contributed by atoms with Crippen molar-refractivity contribution >= 4 is 62.6 Å². The summed E-state index contributed by atoms with van der Waals surface area (Å²) >= 11 is 13.8. The van der Waals surface area contributed by atoms with Crippen molar-refractivity contribution in [2.75, 3.05) is 11.5 Å². The van der Waals surface area contributed by atoms with E-state index in [1.807, 2.05) is 76.7 Å². The van der Waals surface area contributed by atoms with Crippen LogP contribution in [0.15, 0.2) is 48.5 Å². The third-order valence-corrected chi connectivity index (χ3v) is 11.5. The molecule has 0 radical (unpaired) electrons. The van der Waals surface area contributed by atoms with Crippen LogP contribution in [0.5, 0.6) is 5.75 Å². The Kier molecular flexibility index (Phi) is 8.71. The van der Waals surface area contributed by atoms with Gasteiger partial charge in [-0.1, -0.05) is 41.4 Å². The van der Waals surface area contributed by atoms with Crippen LogP contribution in [0.25, 0.3) is 32.9 Å². The molecule has 0 aliphatic carbocycles. The number of para-hydroxylation sites is 1. The number of ether oxygens (including phenoxy) is 1. The molecule has 1 aliphatic rings. The molecule has 264 valence electrons. The van der Waals surface area contributed by atoms with Crippen LogP contribution in [0.3, 0.4) is 0 Å². The Balaban J connectivity index is 1.40. The summed E-state index contributed by atoms with van der Waals surface area (Å²) in [7, 11) is 3.65. The van der Waals surface area contributed by atoms with Crippen molar-refractivity contribution in [1.82, 2.24) is 18.9 Å². The SMILES string of the molecule is Cc1cc(N2C(=O)c3c(CCCOc4cc(C)c(Cl)c(C)c4)c4cccc(-c5c(C)nn(C)c5C)c4n3C(C)C2Cl)c2c(c1)cc(C(=O)O)n2C. The number of rotatable bonds is 8. The normalized spacial score (nSPS) is 16.0. The van der Waals surface area contributed by atoms with Gasteiger partial charge in [-0.25, -0.2) is 4.79 Å². The van der Waals surface area contributed by atoms with Crippen molar-refractivity contribution in [3.8, 4) is 16.9 Å². The van der Waals surface area contributed by atoms with Crippen LogP contribution in [0.2, 0.25) is 5.02 Å². The first-order chi connectivity index (χ1) is 24.2. The van der Waals surface area contributed by atoms with Crippen molar-refractivity contribution in [2.45, 2.75) is 65.9 Å². The van der Waals surface area contributed by atoms with Gasteiger partial charge in [-0.05, 0) is 107 Å². The minimum atomic E-state index is -1.04. The van der Waals surface area contributed by atoms with Crippen molar-refractivity contribution in [2.24, 2.45) is 14.1 Å². The Bertz CT molecular complexity index is 2400. The molecule has 0 saturated carbocycles. The van der Waals surface area contributed by atoms with Crippen LogP contribution in [-0.4, -0.2) is 48.0 Å². The molecule has 0 saturated heterocycles. The maximum absolute atomic E-state index is 15.2. The fourth-order valence-electron chi connectivity index (χ4n) is 7.94. The lowest BCUT2D eigenvalue weighted by molar-refractivity contribution is 0.0687. The first-order valence-electron chi connectivity index (χ1n) is 17.1. The van der Waals surface area contributed by atoms with Crippen molar-refractivity contribution in [1.29, 1.82) is 0 Å². The number of carboxylic acids is 1. The predicted molar refractivity (Wildman–Crippen MR) is 204 cm³/mol. The van der Waals surface area contributed by atoms with Crippen molar-refractivity contribution < 1.29 is 19.4 Å². The molecule has 0 fully saturated rings. The van der Waals surface area contributed by atoms with E-state index in [2.05, 4.69) is 23.6 Å². The summed E-state index contributed by atoms with van der Waals surface area (Å²) in [5.74, 6) is -0.518. The molecule has 11 heteroatoms. The summed E-state index contributed by atoms with van der Waals surface area (Å²) in [5.41, 5.74) is 9.78. The molecule has 2 unspecified atom stereocenters. The molecule has 0 spiro atoms. The first kappa shape index (κ1) is 34.7. The van der Waals surface area contributed by atoms with Gasteiger partial charge in [-0.15, -0.1) is 0 Å². The van der Waals surface area contributed by atoms with Crippen LogP contribution >= 0.6 is 23.2 Å². The van der Waals surface area contributed by atoms with E-state index in [1.165, 1.54) is 0 Å². The maximum Gasteiger partial charge on any atom is 0.352 e. The second kappa shape index (κ2) is 12.8. The first-order valence-corrected chi connectivity index (χ1v) is 17.9. The average molecular weight is 727 g/mol. The van der Waals surface area contributed by atoms with E-state index in [0.29, 0.717) is 36.3 Å². The largest absolute Gasteiger partial charge is 0.494 e. The summed E-state index contributed by atoms with van der Waals surface area (Å²) in [6.07, 6.45) is 1.23. The predicted octanol–water partition coefficient (Wildman–Crippen LogP) is 9.23. The number of carboxylic acid groups (broad SMARTS) is 1. The molecule has 9 nitrogen and oxygen atoms in total. The number of carbonyl (C=O) groups is 2. The lowest BCUT2D eigenvalue weighted by Gasteiger charge is -2.39. The van der Waals surface area contributed by atoms with Gasteiger partial charge in [0.05, 0.1) is 35.1 Å². The van der Waals surface area contributed by atoms with Gasteiger partial charge >= 0.3 is 5.97 Å². The zero-order chi connectivity index (χ0) is 36.6. The molecule has 3 aromatic carbocycles. The number of hydrogen-bond donors (Lipinski definition) is 1. The molecule has 4 heterocycles. The highest BCUT2D eigenvalue weighted by Crippen LogP contribution is 2.46. The van der Waals surface area contributed by atoms with Gasteiger partial charge in [0.1, 0.15) is 22.6 Å². The number of fused-ring (bicyclic) bond motifs is 4. The zero-order valence-electron chi connectivity index (χ0n) is 30.1. The van der Waals surface area contributed by atoms with E-state index in [9.17, 15) is 9.90 Å². The molecule has 1 aliphatic heterocycles. The van der Waals surface area contributed by atoms with Crippen LogP contribution < -0.4 is 9.64 Å². The van der Waals surface area contributed by atoms with Gasteiger partial charge in [0, 0.05) is 46.7 Å². The Morgan fingerprint density at radius 2 is 1.71 bits per heavy atom. The van der Waals surface area contributed by atoms with E-state index < -0.39 is 11.5 Å². The van der Waals surface area contributed by atoms with E-state index in [1.54, 1.807) is 22.6 Å². The number of carbonyl (C=O) groups excluding carboxylic acids is 1. The number of amides is 1. The minimum absolute atomic E-state index is 0.133. The van der Waals surface area contributed by atoms with Crippen LogP contribution in [0.1, 0.15) is 74.0 Å². The van der Waals surface area contributed by atoms with Gasteiger partial charge in [0.25, 0.3) is 5.91 Å². The van der Waals surface area contributed by atoms with E-state index in [4.69, 9.17) is 33.0 Å². The molecule has 2 atom stereocenters. The highest BCUT2D eigenvalue weighted by atomic mass is 35.5. The number of benzene rings is 3. The highest BCUT2D eigenvalue weighted by molar-refractivity contribution is 6.32. The fraction of sp³-hybridized carbons (Fsp3) is 0.325. The molecule has 6 aromatic rings. The van der Waals surface area contributed by atoms with Crippen molar-refractivity contribution in [3.05, 3.63) is 98.6 Å². The quantitative estimate of drug-likeness (QED) is 0.0959. The molecule has 1 N–H and O–H groups in total. The summed E-state index contributed by atoms with van der Waals surface area (Å²) < 4.78 is 11.8. The lowest BCUT2D eigenvalue weighted by Crippen LogP contribution is -2.48. The van der Waals surface area contributed by atoms with Gasteiger partial charge in [0.2, 0.25) is 0 Å². The summed E-state index contributed by atoms with van der Waals surface area (Å²) in [6.45, 7) is 12.4. The summed E-state index contributed by atoms with van der Waals surface area (Å²) in [4.78, 5) is 29.0. The molecular weight excluding hydrogens is 685 g/mol. The van der Waals surface area contributed by atoms with Crippen LogP contribution in [-0.2, 0) is 20.5 Å². The third kappa shape index (κ3) is 5.49. The van der Waals surface area contributed by atoms with Gasteiger partial charge < -0.3 is 19.0 Å². The standard InChI is InChI=1S/C40H41Cl2N5O4/c1-20-15-26-19-32(40(49)50)44(7)35(26)31(16-20)47-38(42)25(6)46-36-28(11-9-12-30(36)33-23(4)43-45(8)24(33)5)29(37(46)39(47)48)13-10-14-51-27-17-21(2)34(41)22(3)18-27/h9,11-12,15-19,25,38H,10,13-14H2,1-8H3,(H,49,50). The second-order valence-electron chi connectivity index (χ2n) is 13.8. The van der Waals surface area contributed by atoms with E-state index >= 15 is 4.79 Å². The number of aromatic nitrogens is 4. The van der Waals surface area contributed by atoms with Gasteiger partial charge in [-0.3, -0.25) is 14.4 Å². The number of nitrogens with zero attached hydrogens (tertiary/aromatic N) is 5. The Morgan fingerprint density at radius 1 is 1.00 bits per heavy atom. The number of alkyl halides is 1. The molecule has 0 bridgehead atoms. The fourth-order valence-corrected chi connectivity index (χ4v) is 8.36. The lowest BCUT2D eigenvalue weighted by atomic mass is 9.98. The zero-order valence-corrected chi connectivity index (χ0v) is 31.6.